The SMILES string of the molecule is CC(C)(Br)C(=O)Oc1cc(CO)cc(OC(=O)C(C)(C)Br)c1. The van der Waals surface area contributed by atoms with E-state index in [1.807, 2.05) is 0 Å². The predicted octanol–water partition coefficient (Wildman–Crippen LogP) is 3.34. The van der Waals surface area contributed by atoms with Crippen molar-refractivity contribution in [3.05, 3.63) is 23.8 Å². The number of carbonyl (C=O) groups excluding carboxylic acids is 2. The van der Waals surface area contributed by atoms with Crippen molar-refractivity contribution >= 4 is 43.8 Å². The van der Waals surface area contributed by atoms with Gasteiger partial charge in [0, 0.05) is 6.07 Å². The van der Waals surface area contributed by atoms with Crippen LogP contribution >= 0.6 is 31.9 Å². The Kier molecular flexibility index (Phi) is 6.18. The highest BCUT2D eigenvalue weighted by molar-refractivity contribution is 9.10. The lowest BCUT2D eigenvalue weighted by molar-refractivity contribution is -0.136. The van der Waals surface area contributed by atoms with Gasteiger partial charge in [-0.25, -0.2) is 0 Å². The Balaban J connectivity index is 3.04. The topological polar surface area (TPSA) is 72.8 Å². The van der Waals surface area contributed by atoms with E-state index in [4.69, 9.17) is 9.47 Å². The van der Waals surface area contributed by atoms with Crippen molar-refractivity contribution in [1.82, 2.24) is 0 Å². The molecule has 1 rings (SSSR count). The van der Waals surface area contributed by atoms with Crippen LogP contribution in [0.4, 0.5) is 0 Å². The standard InChI is InChI=1S/C15H18Br2O5/c1-14(2,16)12(19)21-10-5-9(8-18)6-11(7-10)22-13(20)15(3,4)17/h5-7,18H,8H2,1-4H3. The molecule has 0 aliphatic carbocycles. The summed E-state index contributed by atoms with van der Waals surface area (Å²) in [6, 6.07) is 4.44. The van der Waals surface area contributed by atoms with Gasteiger partial charge in [0.2, 0.25) is 0 Å². The van der Waals surface area contributed by atoms with Crippen LogP contribution in [-0.4, -0.2) is 25.7 Å². The fraction of sp³-hybridized carbons (Fsp3) is 0.467. The Hall–Kier alpha value is -0.920. The highest BCUT2D eigenvalue weighted by Gasteiger charge is 2.28. The predicted molar refractivity (Wildman–Crippen MR) is 89.6 cm³/mol. The number of rotatable bonds is 5. The first-order chi connectivity index (χ1) is 9.93. The second-order valence-electron chi connectivity index (χ2n) is 5.69. The number of benzene rings is 1. The van der Waals surface area contributed by atoms with E-state index in [1.165, 1.54) is 18.2 Å². The summed E-state index contributed by atoms with van der Waals surface area (Å²) in [6.07, 6.45) is 0. The van der Waals surface area contributed by atoms with Gasteiger partial charge in [0.05, 0.1) is 6.61 Å². The number of ether oxygens (including phenoxy) is 2. The fourth-order valence-electron chi connectivity index (χ4n) is 1.30. The molecule has 5 nitrogen and oxygen atoms in total. The maximum atomic E-state index is 11.9. The van der Waals surface area contributed by atoms with Gasteiger partial charge in [0.25, 0.3) is 0 Å². The molecule has 0 aromatic heterocycles. The van der Waals surface area contributed by atoms with Gasteiger partial charge in [-0.2, -0.15) is 0 Å². The van der Waals surface area contributed by atoms with Crippen molar-refractivity contribution in [3.8, 4) is 11.5 Å². The number of alkyl halides is 2. The average molecular weight is 438 g/mol. The molecule has 0 atom stereocenters. The van der Waals surface area contributed by atoms with Crippen LogP contribution in [0.1, 0.15) is 33.3 Å². The Labute approximate surface area is 146 Å². The van der Waals surface area contributed by atoms with Gasteiger partial charge >= 0.3 is 11.9 Å². The van der Waals surface area contributed by atoms with Crippen molar-refractivity contribution in [2.75, 3.05) is 0 Å². The van der Waals surface area contributed by atoms with Crippen molar-refractivity contribution in [1.29, 1.82) is 0 Å². The first-order valence-electron chi connectivity index (χ1n) is 6.50. The van der Waals surface area contributed by atoms with Crippen LogP contribution in [0.15, 0.2) is 18.2 Å². The maximum Gasteiger partial charge on any atom is 0.327 e. The Bertz CT molecular complexity index is 524. The molecule has 0 amide bonds. The fourth-order valence-corrected chi connectivity index (χ4v) is 1.46. The van der Waals surface area contributed by atoms with Gasteiger partial charge in [-0.15, -0.1) is 0 Å². The lowest BCUT2D eigenvalue weighted by Crippen LogP contribution is -2.30. The summed E-state index contributed by atoms with van der Waals surface area (Å²) in [5.74, 6) is -0.611. The van der Waals surface area contributed by atoms with E-state index in [-0.39, 0.29) is 18.1 Å². The molecule has 1 aromatic carbocycles. The zero-order chi connectivity index (χ0) is 17.1. The smallest absolute Gasteiger partial charge is 0.327 e. The molecule has 0 unspecified atom stereocenters. The van der Waals surface area contributed by atoms with Gasteiger partial charge in [-0.3, -0.25) is 9.59 Å². The number of hydrogen-bond acceptors (Lipinski definition) is 5. The monoisotopic (exact) mass is 436 g/mol. The van der Waals surface area contributed by atoms with E-state index < -0.39 is 20.6 Å². The normalized spacial score (nSPS) is 12.0. The molecular weight excluding hydrogens is 420 g/mol. The Morgan fingerprint density at radius 3 is 1.59 bits per heavy atom. The molecule has 0 saturated carbocycles. The molecule has 0 radical (unpaired) electrons. The molecular formula is C15H18Br2O5. The summed E-state index contributed by atoms with van der Waals surface area (Å²) in [7, 11) is 0. The van der Waals surface area contributed by atoms with Crippen LogP contribution in [0.5, 0.6) is 11.5 Å². The van der Waals surface area contributed by atoms with E-state index >= 15 is 0 Å². The third kappa shape index (κ3) is 5.70. The zero-order valence-corrected chi connectivity index (χ0v) is 15.9. The summed E-state index contributed by atoms with van der Waals surface area (Å²) in [6.45, 7) is 6.34. The molecule has 122 valence electrons. The van der Waals surface area contributed by atoms with E-state index in [0.717, 1.165) is 0 Å². The Morgan fingerprint density at radius 2 is 1.32 bits per heavy atom. The van der Waals surface area contributed by atoms with Gasteiger partial charge in [0.1, 0.15) is 20.1 Å². The second-order valence-corrected chi connectivity index (χ2v) is 9.66. The van der Waals surface area contributed by atoms with Crippen LogP contribution in [-0.2, 0) is 16.2 Å². The van der Waals surface area contributed by atoms with E-state index in [1.54, 1.807) is 27.7 Å². The zero-order valence-electron chi connectivity index (χ0n) is 12.8. The highest BCUT2D eigenvalue weighted by Crippen LogP contribution is 2.28. The molecule has 1 aromatic rings. The molecule has 0 spiro atoms. The number of halogens is 2. The van der Waals surface area contributed by atoms with Gasteiger partial charge in [-0.1, -0.05) is 31.9 Å². The average Bonchev–Trinajstić information content (AvgIpc) is 2.36. The first-order valence-corrected chi connectivity index (χ1v) is 8.09. The Morgan fingerprint density at radius 1 is 0.955 bits per heavy atom. The van der Waals surface area contributed by atoms with Crippen molar-refractivity contribution < 1.29 is 24.2 Å². The minimum Gasteiger partial charge on any atom is -0.425 e. The minimum absolute atomic E-state index is 0.194. The van der Waals surface area contributed by atoms with Gasteiger partial charge < -0.3 is 14.6 Å². The number of hydrogen-bond donors (Lipinski definition) is 1. The van der Waals surface area contributed by atoms with Crippen molar-refractivity contribution in [3.63, 3.8) is 0 Å². The van der Waals surface area contributed by atoms with Gasteiger partial charge in [-0.05, 0) is 45.4 Å². The highest BCUT2D eigenvalue weighted by atomic mass is 79.9. The number of aliphatic hydroxyl groups is 1. The largest absolute Gasteiger partial charge is 0.425 e. The number of carbonyl (C=O) groups is 2. The van der Waals surface area contributed by atoms with Crippen LogP contribution < -0.4 is 9.47 Å². The van der Waals surface area contributed by atoms with Crippen LogP contribution in [0.3, 0.4) is 0 Å². The second kappa shape index (κ2) is 7.10. The third-order valence-corrected chi connectivity index (χ3v) is 3.16. The molecule has 0 saturated heterocycles. The summed E-state index contributed by atoms with van der Waals surface area (Å²) in [5.41, 5.74) is 0.466. The number of esters is 2. The summed E-state index contributed by atoms with van der Waals surface area (Å²) in [4.78, 5) is 23.8. The third-order valence-electron chi connectivity index (χ3n) is 2.51. The van der Waals surface area contributed by atoms with E-state index in [0.29, 0.717) is 5.56 Å². The van der Waals surface area contributed by atoms with E-state index in [2.05, 4.69) is 31.9 Å². The van der Waals surface area contributed by atoms with Crippen molar-refractivity contribution in [2.45, 2.75) is 43.0 Å². The van der Waals surface area contributed by atoms with Crippen molar-refractivity contribution in [2.24, 2.45) is 0 Å². The van der Waals surface area contributed by atoms with E-state index in [9.17, 15) is 14.7 Å². The maximum absolute atomic E-state index is 11.9. The summed E-state index contributed by atoms with van der Waals surface area (Å²) in [5, 5.41) is 9.27. The minimum atomic E-state index is -0.850. The molecule has 22 heavy (non-hydrogen) atoms. The molecule has 0 bridgehead atoms. The van der Waals surface area contributed by atoms with Crippen LogP contribution in [0, 0.1) is 0 Å². The van der Waals surface area contributed by atoms with Gasteiger partial charge in [0.15, 0.2) is 0 Å². The summed E-state index contributed by atoms with van der Waals surface area (Å²) >= 11 is 6.41. The quantitative estimate of drug-likeness (QED) is 0.434. The summed E-state index contributed by atoms with van der Waals surface area (Å²) < 4.78 is 8.76. The molecule has 0 aliphatic heterocycles. The molecule has 0 heterocycles. The van der Waals surface area contributed by atoms with Crippen LogP contribution in [0.25, 0.3) is 0 Å². The number of aliphatic hydroxyl groups excluding tert-OH is 1. The molecule has 1 N–H and O–H groups in total. The molecule has 7 heteroatoms. The lowest BCUT2D eigenvalue weighted by Gasteiger charge is -2.17. The molecule has 0 fully saturated rings. The molecule has 0 aliphatic rings. The van der Waals surface area contributed by atoms with Crippen LogP contribution in [0.2, 0.25) is 0 Å². The lowest BCUT2D eigenvalue weighted by atomic mass is 10.2. The first kappa shape index (κ1) is 19.1.